The second kappa shape index (κ2) is 45.6. The van der Waals surface area contributed by atoms with Crippen LogP contribution >= 0.6 is 0 Å². The van der Waals surface area contributed by atoms with Crippen molar-refractivity contribution in [1.82, 2.24) is 0 Å². The van der Waals surface area contributed by atoms with Gasteiger partial charge in [0.25, 0.3) is 0 Å². The Morgan fingerprint density at radius 2 is 1.59 bits per heavy atom. The third kappa shape index (κ3) is 51.2. The van der Waals surface area contributed by atoms with Crippen LogP contribution in [0.2, 0.25) is 0 Å². The summed E-state index contributed by atoms with van der Waals surface area (Å²) in [6.07, 6.45) is 2.39. The van der Waals surface area contributed by atoms with E-state index in [1.807, 2.05) is 6.92 Å². The van der Waals surface area contributed by atoms with Gasteiger partial charge in [-0.25, -0.2) is 0 Å². The molecule has 0 saturated heterocycles. The Hall–Kier alpha value is -0.831. The molecule has 0 amide bonds. The van der Waals surface area contributed by atoms with Crippen molar-refractivity contribution in [3.8, 4) is 0 Å². The van der Waals surface area contributed by atoms with E-state index in [1.54, 1.807) is 0 Å². The van der Waals surface area contributed by atoms with E-state index in [4.69, 9.17) is 19.1 Å². The summed E-state index contributed by atoms with van der Waals surface area (Å²) < 4.78 is 27.0. The predicted octanol–water partition coefficient (Wildman–Crippen LogP) is 0.506. The summed E-state index contributed by atoms with van der Waals surface area (Å²) in [5, 5.41) is 8.39. The third-order valence-electron chi connectivity index (χ3n) is 1.27. The van der Waals surface area contributed by atoms with Crippen molar-refractivity contribution in [3.63, 3.8) is 0 Å². The van der Waals surface area contributed by atoms with E-state index in [9.17, 15) is 4.79 Å². The summed E-state index contributed by atoms with van der Waals surface area (Å²) in [6.45, 7) is 16.9. The molecule has 17 heavy (non-hydrogen) atoms. The minimum absolute atomic E-state index is 0. The molecule has 0 fully saturated rings. The number of unbranched alkanes of at least 4 members (excludes halogenated alkanes) is 1. The monoisotopic (exact) mass is 285 g/mol. The summed E-state index contributed by atoms with van der Waals surface area (Å²) in [5.41, 5.74) is 0. The minimum atomic E-state index is -0.0657. The first-order chi connectivity index (χ1) is 7.81. The number of aliphatic hydroxyl groups is 1. The topological polar surface area (TPSA) is 106 Å². The number of hydrogen-bond donors (Lipinski definition) is 1. The van der Waals surface area contributed by atoms with Gasteiger partial charge in [0.2, 0.25) is 0 Å². The molecule has 0 aliphatic rings. The Bertz CT molecular complexity index is 163. The van der Waals surface area contributed by atoms with Crippen LogP contribution in [0.15, 0.2) is 0 Å². The summed E-state index contributed by atoms with van der Waals surface area (Å²) in [4.78, 5) is 9.65. The summed E-state index contributed by atoms with van der Waals surface area (Å²) in [6, 6.07) is 0. The molecule has 6 nitrogen and oxygen atoms in total. The molecular weight excluding hydrogens is 272 g/mol. The molecule has 7 heteroatoms. The molecule has 1 atom stereocenters. The van der Waals surface area contributed by atoms with Crippen LogP contribution < -0.4 is 0 Å². The Balaban J connectivity index is -0.0000000594. The maximum atomic E-state index is 9.65. The van der Waals surface area contributed by atoms with Gasteiger partial charge < -0.3 is 14.6 Å². The fourth-order valence-corrected chi connectivity index (χ4v) is 0.685. The van der Waals surface area contributed by atoms with E-state index < -0.39 is 0 Å². The largest absolute Gasteiger partial charge is 2.00 e. The van der Waals surface area contributed by atoms with E-state index in [2.05, 4.69) is 24.7 Å². The standard InChI is InChI=1S/C7H13O3.3CO.Fe/c1-7(10-6-9)4-2-3-5-8;3*1-2;/h7-8H,2-5H2,1H3;;;;/q-1;;;;+2/t7-;;;;/m1..../s1. The van der Waals surface area contributed by atoms with Gasteiger partial charge in [-0.1, -0.05) is 6.47 Å². The molecule has 0 rings (SSSR count). The van der Waals surface area contributed by atoms with Crippen LogP contribution in [0.4, 0.5) is 0 Å². The molecule has 0 radical (unpaired) electrons. The van der Waals surface area contributed by atoms with E-state index in [0.29, 0.717) is 0 Å². The summed E-state index contributed by atoms with van der Waals surface area (Å²) >= 11 is 0. The van der Waals surface area contributed by atoms with Gasteiger partial charge in [-0.3, -0.25) is 0 Å². The molecule has 0 saturated carbocycles. The van der Waals surface area contributed by atoms with Crippen LogP contribution in [0.5, 0.6) is 0 Å². The smallest absolute Gasteiger partial charge is 2.00 e. The molecule has 0 bridgehead atoms. The van der Waals surface area contributed by atoms with E-state index >= 15 is 0 Å². The number of rotatable bonds is 6. The normalized spacial score (nSPS) is 7.76. The van der Waals surface area contributed by atoms with Gasteiger partial charge in [0.15, 0.2) is 0 Å². The van der Waals surface area contributed by atoms with Gasteiger partial charge in [-0.05, 0) is 26.2 Å². The van der Waals surface area contributed by atoms with Gasteiger partial charge in [0.05, 0.1) is 6.10 Å². The molecule has 0 heterocycles. The van der Waals surface area contributed by atoms with Gasteiger partial charge in [-0.15, -0.1) is 0 Å². The molecule has 96 valence electrons. The second-order valence-electron chi connectivity index (χ2n) is 2.23. The molecule has 1 N–H and O–H groups in total. The van der Waals surface area contributed by atoms with Gasteiger partial charge in [0.1, 0.15) is 0 Å². The summed E-state index contributed by atoms with van der Waals surface area (Å²) in [5.74, 6) is 0. The van der Waals surface area contributed by atoms with Crippen molar-refractivity contribution in [2.75, 3.05) is 6.61 Å². The molecular formula is C10H13FeO6+. The van der Waals surface area contributed by atoms with Gasteiger partial charge in [-0.2, -0.15) is 0 Å². The SMILES string of the molecule is C[C@H](CCCCO)O[C-]=O.[C-]#[O+].[C-]#[O+].[C-]#[O+].[Fe+2]. The van der Waals surface area contributed by atoms with Crippen LogP contribution in [-0.2, 0) is 40.6 Å². The van der Waals surface area contributed by atoms with Gasteiger partial charge >= 0.3 is 51.0 Å². The van der Waals surface area contributed by atoms with Crippen LogP contribution in [0, 0.1) is 20.0 Å². The van der Waals surface area contributed by atoms with Crippen molar-refractivity contribution in [2.24, 2.45) is 0 Å². The van der Waals surface area contributed by atoms with E-state index in [1.165, 1.54) is 6.47 Å². The van der Waals surface area contributed by atoms with Crippen molar-refractivity contribution in [2.45, 2.75) is 32.3 Å². The fraction of sp³-hybridized carbons (Fsp3) is 0.600. The van der Waals surface area contributed by atoms with Crippen molar-refractivity contribution >= 4 is 6.47 Å². The molecule has 0 unspecified atom stereocenters. The van der Waals surface area contributed by atoms with Crippen LogP contribution in [-0.4, -0.2) is 24.3 Å². The molecule has 0 aliphatic heterocycles. The first-order valence-corrected chi connectivity index (χ1v) is 4.06. The third-order valence-corrected chi connectivity index (χ3v) is 1.27. The van der Waals surface area contributed by atoms with E-state index in [0.717, 1.165) is 19.3 Å². The first kappa shape index (κ1) is 29.8. The maximum Gasteiger partial charge on any atom is 2.00 e. The number of aliphatic hydroxyl groups excluding tert-OH is 1. The molecule has 0 aromatic heterocycles. The number of ether oxygens (including phenoxy) is 1. The zero-order valence-electron chi connectivity index (χ0n) is 9.25. The second-order valence-corrected chi connectivity index (χ2v) is 2.23. The molecule has 0 aromatic carbocycles. The van der Waals surface area contributed by atoms with Crippen LogP contribution in [0.1, 0.15) is 26.2 Å². The molecule has 0 aromatic rings. The minimum Gasteiger partial charge on any atom is 2.00 e. The number of carbonyl (C=O) groups excluding carboxylic acids is 1. The zero-order valence-corrected chi connectivity index (χ0v) is 10.4. The molecule has 0 aliphatic carbocycles. The fourth-order valence-electron chi connectivity index (χ4n) is 0.685. The van der Waals surface area contributed by atoms with Crippen molar-refractivity contribution in [1.29, 1.82) is 0 Å². The zero-order chi connectivity index (χ0) is 13.8. The average Bonchev–Trinajstić information content (AvgIpc) is 2.37. The van der Waals surface area contributed by atoms with E-state index in [-0.39, 0.29) is 29.8 Å². The van der Waals surface area contributed by atoms with Gasteiger partial charge in [0, 0.05) is 6.61 Å². The summed E-state index contributed by atoms with van der Waals surface area (Å²) in [7, 11) is 0. The van der Waals surface area contributed by atoms with Crippen molar-refractivity contribution < 1.29 is 45.7 Å². The van der Waals surface area contributed by atoms with Crippen LogP contribution in [0.3, 0.4) is 0 Å². The first-order valence-electron chi connectivity index (χ1n) is 4.06. The quantitative estimate of drug-likeness (QED) is 0.332. The van der Waals surface area contributed by atoms with Crippen LogP contribution in [0.25, 0.3) is 0 Å². The Labute approximate surface area is 111 Å². The Kier molecular flexibility index (Phi) is 80.1. The predicted molar refractivity (Wildman–Crippen MR) is 49.0 cm³/mol. The molecule has 0 spiro atoms. The Morgan fingerprint density at radius 3 is 1.88 bits per heavy atom. The van der Waals surface area contributed by atoms with Crippen molar-refractivity contribution in [3.05, 3.63) is 20.0 Å². The number of hydrogen-bond acceptors (Lipinski definition) is 3. The maximum absolute atomic E-state index is 9.65. The Morgan fingerprint density at radius 1 is 1.18 bits per heavy atom. The average molecular weight is 285 g/mol.